The van der Waals surface area contributed by atoms with Crippen LogP contribution >= 0.6 is 27.3 Å². The fraction of sp³-hybridized carbons (Fsp3) is 0.333. The second kappa shape index (κ2) is 7.31. The summed E-state index contributed by atoms with van der Waals surface area (Å²) in [6.45, 7) is 4.10. The van der Waals surface area contributed by atoms with Gasteiger partial charge in [-0.05, 0) is 71.3 Å². The van der Waals surface area contributed by atoms with Crippen molar-refractivity contribution in [3.63, 3.8) is 0 Å². The van der Waals surface area contributed by atoms with E-state index in [4.69, 9.17) is 0 Å². The van der Waals surface area contributed by atoms with Gasteiger partial charge in [0, 0.05) is 9.35 Å². The van der Waals surface area contributed by atoms with Gasteiger partial charge in [0.25, 0.3) is 0 Å². The summed E-state index contributed by atoms with van der Waals surface area (Å²) < 4.78 is 3.73. The number of anilines is 1. The van der Waals surface area contributed by atoms with Gasteiger partial charge in [-0.2, -0.15) is 4.98 Å². The number of carbonyl (C=O) groups is 1. The van der Waals surface area contributed by atoms with Gasteiger partial charge in [-0.1, -0.05) is 13.0 Å². The number of benzene rings is 1. The molecule has 0 fully saturated rings. The minimum atomic E-state index is -0.452. The summed E-state index contributed by atoms with van der Waals surface area (Å²) >= 11 is 5.15. The molecule has 1 atom stereocenters. The lowest BCUT2D eigenvalue weighted by Crippen LogP contribution is -2.28. The van der Waals surface area contributed by atoms with Crippen molar-refractivity contribution in [1.29, 1.82) is 0 Å². The number of fused-ring (bicyclic) bond motifs is 5. The normalized spacial score (nSPS) is 16.2. The fourth-order valence-corrected chi connectivity index (χ4v) is 5.99. The van der Waals surface area contributed by atoms with Crippen molar-refractivity contribution >= 4 is 54.7 Å². The van der Waals surface area contributed by atoms with Crippen molar-refractivity contribution < 1.29 is 4.79 Å². The van der Waals surface area contributed by atoms with Gasteiger partial charge in [-0.3, -0.25) is 4.79 Å². The number of aryl methyl sites for hydroxylation is 2. The molecule has 0 saturated heterocycles. The Morgan fingerprint density at radius 2 is 2.23 bits per heavy atom. The van der Waals surface area contributed by atoms with E-state index >= 15 is 0 Å². The van der Waals surface area contributed by atoms with Crippen LogP contribution in [0, 0.1) is 12.8 Å². The van der Waals surface area contributed by atoms with Crippen LogP contribution in [0.4, 0.5) is 5.69 Å². The molecule has 154 valence electrons. The molecule has 9 heteroatoms. The zero-order valence-electron chi connectivity index (χ0n) is 16.6. The minimum Gasteiger partial charge on any atom is -0.323 e. The smallest absolute Gasteiger partial charge is 0.323 e. The van der Waals surface area contributed by atoms with Crippen molar-refractivity contribution in [3.05, 3.63) is 55.5 Å². The molecule has 0 bridgehead atoms. The Labute approximate surface area is 184 Å². The second-order valence-corrected chi connectivity index (χ2v) is 9.87. The number of amides is 1. The van der Waals surface area contributed by atoms with Gasteiger partial charge in [0.1, 0.15) is 17.7 Å². The van der Waals surface area contributed by atoms with Crippen molar-refractivity contribution in [3.8, 4) is 0 Å². The average molecular weight is 486 g/mol. The molecule has 1 N–H and O–H groups in total. The monoisotopic (exact) mass is 485 g/mol. The van der Waals surface area contributed by atoms with E-state index in [2.05, 4.69) is 38.1 Å². The number of halogens is 1. The van der Waals surface area contributed by atoms with Crippen LogP contribution < -0.4 is 11.0 Å². The lowest BCUT2D eigenvalue weighted by atomic mass is 9.89. The maximum absolute atomic E-state index is 12.6. The molecule has 3 aromatic heterocycles. The molecule has 0 saturated carbocycles. The first kappa shape index (κ1) is 19.4. The molecule has 1 aliphatic rings. The average Bonchev–Trinajstić information content (AvgIpc) is 3.21. The molecule has 1 aromatic carbocycles. The summed E-state index contributed by atoms with van der Waals surface area (Å²) in [6, 6.07) is 5.68. The van der Waals surface area contributed by atoms with Gasteiger partial charge in [0.05, 0.1) is 11.1 Å². The Hall–Kier alpha value is -2.52. The van der Waals surface area contributed by atoms with Crippen LogP contribution in [-0.4, -0.2) is 25.1 Å². The van der Waals surface area contributed by atoms with Crippen LogP contribution in [0.25, 0.3) is 15.9 Å². The molecule has 4 aromatic rings. The molecule has 0 aliphatic heterocycles. The van der Waals surface area contributed by atoms with Crippen molar-refractivity contribution in [1.82, 2.24) is 19.2 Å². The Morgan fingerprint density at radius 3 is 3.03 bits per heavy atom. The summed E-state index contributed by atoms with van der Waals surface area (Å²) in [6.07, 6.45) is 4.73. The van der Waals surface area contributed by atoms with Crippen molar-refractivity contribution in [2.75, 3.05) is 5.32 Å². The standard InChI is InChI=1S/C21H20BrN5O2S/c1-11-4-6-15(14(22)7-11)24-17(28)9-26-21(29)25-19-18-13-5-3-12(2)8-16(13)30-20(18)23-10-27(19)26/h4,6-7,10,12H,3,5,8-9H2,1-2H3,(H,24,28). The highest BCUT2D eigenvalue weighted by Gasteiger charge is 2.24. The van der Waals surface area contributed by atoms with Gasteiger partial charge in [-0.25, -0.2) is 19.0 Å². The van der Waals surface area contributed by atoms with Gasteiger partial charge < -0.3 is 5.32 Å². The van der Waals surface area contributed by atoms with Crippen molar-refractivity contribution in [2.45, 2.75) is 39.7 Å². The van der Waals surface area contributed by atoms with E-state index in [1.807, 2.05) is 25.1 Å². The first-order valence-corrected chi connectivity index (χ1v) is 11.5. The maximum atomic E-state index is 12.6. The summed E-state index contributed by atoms with van der Waals surface area (Å²) in [4.78, 5) is 36.4. The number of hydrogen-bond acceptors (Lipinski definition) is 5. The molecule has 7 nitrogen and oxygen atoms in total. The predicted molar refractivity (Wildman–Crippen MR) is 121 cm³/mol. The number of nitrogens with zero attached hydrogens (tertiary/aromatic N) is 4. The Balaban J connectivity index is 1.52. The molecule has 0 radical (unpaired) electrons. The van der Waals surface area contributed by atoms with E-state index in [1.165, 1.54) is 15.1 Å². The van der Waals surface area contributed by atoms with E-state index in [0.717, 1.165) is 39.5 Å². The molecule has 30 heavy (non-hydrogen) atoms. The maximum Gasteiger partial charge on any atom is 0.365 e. The Kier molecular flexibility index (Phi) is 4.74. The third kappa shape index (κ3) is 3.26. The highest BCUT2D eigenvalue weighted by atomic mass is 79.9. The molecule has 1 amide bonds. The summed E-state index contributed by atoms with van der Waals surface area (Å²) in [5, 5.41) is 3.81. The zero-order chi connectivity index (χ0) is 21.0. The van der Waals surface area contributed by atoms with E-state index in [0.29, 0.717) is 17.3 Å². The highest BCUT2D eigenvalue weighted by Crippen LogP contribution is 2.38. The van der Waals surface area contributed by atoms with Gasteiger partial charge in [0.15, 0.2) is 5.65 Å². The highest BCUT2D eigenvalue weighted by molar-refractivity contribution is 9.10. The van der Waals surface area contributed by atoms with Crippen LogP contribution in [0.15, 0.2) is 33.8 Å². The van der Waals surface area contributed by atoms with Crippen LogP contribution in [-0.2, 0) is 24.2 Å². The third-order valence-electron chi connectivity index (χ3n) is 5.59. The number of rotatable bonds is 3. The number of nitrogens with one attached hydrogen (secondary N) is 1. The lowest BCUT2D eigenvalue weighted by Gasteiger charge is -2.17. The molecular weight excluding hydrogens is 466 g/mol. The fourth-order valence-electron chi connectivity index (χ4n) is 4.05. The quantitative estimate of drug-likeness (QED) is 0.476. The number of hydrogen-bond donors (Lipinski definition) is 1. The number of aromatic nitrogens is 4. The molecule has 3 heterocycles. The first-order valence-electron chi connectivity index (χ1n) is 9.85. The van der Waals surface area contributed by atoms with Gasteiger partial charge in [-0.15, -0.1) is 11.3 Å². The third-order valence-corrected chi connectivity index (χ3v) is 7.41. The number of carbonyl (C=O) groups excluding carboxylic acids is 1. The second-order valence-electron chi connectivity index (χ2n) is 7.93. The van der Waals surface area contributed by atoms with E-state index in [-0.39, 0.29) is 12.5 Å². The molecular formula is C21H20BrN5O2S. The molecule has 5 rings (SSSR count). The SMILES string of the molecule is Cc1ccc(NC(=O)Cn2c(=O)nc3c4c5c(sc4ncn32)CC(C)CC5)c(Br)c1. The Morgan fingerprint density at radius 1 is 1.40 bits per heavy atom. The van der Waals surface area contributed by atoms with Crippen LogP contribution in [0.1, 0.15) is 29.3 Å². The number of thiophene rings is 1. The summed E-state index contributed by atoms with van der Waals surface area (Å²) in [7, 11) is 0. The summed E-state index contributed by atoms with van der Waals surface area (Å²) in [5.74, 6) is 0.357. The largest absolute Gasteiger partial charge is 0.365 e. The van der Waals surface area contributed by atoms with Crippen molar-refractivity contribution in [2.24, 2.45) is 5.92 Å². The lowest BCUT2D eigenvalue weighted by molar-refractivity contribution is -0.117. The van der Waals surface area contributed by atoms with Gasteiger partial charge in [0.2, 0.25) is 5.91 Å². The van der Waals surface area contributed by atoms with Crippen LogP contribution in [0.5, 0.6) is 0 Å². The first-order chi connectivity index (χ1) is 14.4. The van der Waals surface area contributed by atoms with Crippen LogP contribution in [0.3, 0.4) is 0 Å². The van der Waals surface area contributed by atoms with Crippen LogP contribution in [0.2, 0.25) is 0 Å². The van der Waals surface area contributed by atoms with E-state index < -0.39 is 5.69 Å². The van der Waals surface area contributed by atoms with Gasteiger partial charge >= 0.3 is 5.69 Å². The minimum absolute atomic E-state index is 0.142. The molecule has 1 unspecified atom stereocenters. The van der Waals surface area contributed by atoms with E-state index in [9.17, 15) is 9.59 Å². The summed E-state index contributed by atoms with van der Waals surface area (Å²) in [5.41, 5.74) is 3.14. The molecule has 1 aliphatic carbocycles. The zero-order valence-corrected chi connectivity index (χ0v) is 19.0. The topological polar surface area (TPSA) is 81.3 Å². The van der Waals surface area contributed by atoms with E-state index in [1.54, 1.807) is 22.2 Å². The Bertz CT molecular complexity index is 1370. The molecule has 0 spiro atoms. The predicted octanol–water partition coefficient (Wildman–Crippen LogP) is 3.94.